The molecule has 0 unspecified atom stereocenters. The summed E-state index contributed by atoms with van der Waals surface area (Å²) in [4.78, 5) is 16.3. The molecule has 2 aliphatic rings. The Labute approximate surface area is 121 Å². The first-order chi connectivity index (χ1) is 9.44. The van der Waals surface area contributed by atoms with Gasteiger partial charge in [0.2, 0.25) is 0 Å². The molecule has 20 heavy (non-hydrogen) atoms. The van der Waals surface area contributed by atoms with Gasteiger partial charge >= 0.3 is 6.03 Å². The molecular weight excluding hydrogens is 298 g/mol. The number of hydrogen-bond acceptors (Lipinski definition) is 5. The lowest BCUT2D eigenvalue weighted by molar-refractivity contribution is 0.247. The molecule has 2 atom stereocenters. The second-order valence-electron chi connectivity index (χ2n) is 5.60. The molecule has 1 saturated carbocycles. The Kier molecular flexibility index (Phi) is 3.45. The second-order valence-corrected chi connectivity index (χ2v) is 8.61. The quantitative estimate of drug-likeness (QED) is 0.886. The van der Waals surface area contributed by atoms with Crippen LogP contribution in [0.4, 0.5) is 9.80 Å². The predicted octanol–water partition coefficient (Wildman–Crippen LogP) is 1.58. The number of nitrogens with zero attached hydrogens (tertiary/aromatic N) is 1. The Bertz CT molecular complexity index is 622. The highest BCUT2D eigenvalue weighted by Gasteiger charge is 2.36. The van der Waals surface area contributed by atoms with Crippen molar-refractivity contribution in [3.05, 3.63) is 11.2 Å². The zero-order chi connectivity index (χ0) is 14.3. The normalized spacial score (nSPS) is 28.2. The van der Waals surface area contributed by atoms with Crippen molar-refractivity contribution in [1.29, 1.82) is 0 Å². The topological polar surface area (TPSA) is 88.2 Å². The van der Waals surface area contributed by atoms with Gasteiger partial charge in [-0.05, 0) is 18.8 Å². The van der Waals surface area contributed by atoms with E-state index in [0.29, 0.717) is 5.92 Å². The van der Waals surface area contributed by atoms with Gasteiger partial charge in [-0.25, -0.2) is 18.2 Å². The summed E-state index contributed by atoms with van der Waals surface area (Å²) in [6.07, 6.45) is 2.25. The third-order valence-electron chi connectivity index (χ3n) is 3.74. The van der Waals surface area contributed by atoms with Crippen molar-refractivity contribution in [2.24, 2.45) is 5.92 Å². The molecule has 0 bridgehead atoms. The average molecular weight is 315 g/mol. The van der Waals surface area contributed by atoms with Crippen molar-refractivity contribution in [3.8, 4) is 0 Å². The van der Waals surface area contributed by atoms with Crippen molar-refractivity contribution in [3.63, 3.8) is 0 Å². The van der Waals surface area contributed by atoms with Crippen molar-refractivity contribution in [1.82, 2.24) is 10.3 Å². The number of sulfone groups is 1. The molecule has 2 amide bonds. The van der Waals surface area contributed by atoms with Crippen LogP contribution in [-0.4, -0.2) is 37.0 Å². The summed E-state index contributed by atoms with van der Waals surface area (Å²) >= 11 is 1.40. The lowest BCUT2D eigenvalue weighted by atomic mass is 10.1. The first-order valence-electron chi connectivity index (χ1n) is 6.66. The highest BCUT2D eigenvalue weighted by Crippen LogP contribution is 2.43. The Morgan fingerprint density at radius 3 is 2.75 bits per heavy atom. The number of thiazole rings is 1. The highest BCUT2D eigenvalue weighted by molar-refractivity contribution is 7.91. The summed E-state index contributed by atoms with van der Waals surface area (Å²) in [6.45, 7) is 1.85. The lowest BCUT2D eigenvalue weighted by Gasteiger charge is -2.16. The van der Waals surface area contributed by atoms with Crippen LogP contribution in [0, 0.1) is 5.92 Å². The lowest BCUT2D eigenvalue weighted by Crippen LogP contribution is -2.41. The standard InChI is InChI=1S/C12H17N3O3S2/c1-7-4-20(17,18)5-9(7)14-12(16)15-11-10(8-2-3-8)13-6-19-11/h6-9H,2-5H2,1H3,(H2,14,15,16)/t7-,9+/m0/s1. The summed E-state index contributed by atoms with van der Waals surface area (Å²) in [5.41, 5.74) is 2.68. The highest BCUT2D eigenvalue weighted by atomic mass is 32.2. The number of urea groups is 1. The summed E-state index contributed by atoms with van der Waals surface area (Å²) < 4.78 is 23.0. The zero-order valence-corrected chi connectivity index (χ0v) is 12.8. The Morgan fingerprint density at radius 2 is 2.15 bits per heavy atom. The fourth-order valence-corrected chi connectivity index (χ4v) is 5.40. The smallest absolute Gasteiger partial charge is 0.320 e. The molecule has 2 heterocycles. The van der Waals surface area contributed by atoms with Crippen LogP contribution in [0.2, 0.25) is 0 Å². The van der Waals surface area contributed by atoms with Gasteiger partial charge in [0.1, 0.15) is 5.00 Å². The SMILES string of the molecule is C[C@H]1CS(=O)(=O)C[C@H]1NC(=O)Nc1scnc1C1CC1. The Hall–Kier alpha value is -1.15. The molecule has 1 aromatic rings. The number of nitrogens with one attached hydrogen (secondary N) is 2. The second kappa shape index (κ2) is 5.00. The van der Waals surface area contributed by atoms with E-state index in [4.69, 9.17) is 0 Å². The van der Waals surface area contributed by atoms with Gasteiger partial charge in [0, 0.05) is 12.0 Å². The van der Waals surface area contributed by atoms with E-state index < -0.39 is 9.84 Å². The summed E-state index contributed by atoms with van der Waals surface area (Å²) in [5, 5.41) is 6.33. The molecule has 8 heteroatoms. The number of carbonyl (C=O) groups is 1. The van der Waals surface area contributed by atoms with E-state index in [1.807, 2.05) is 6.92 Å². The maximum atomic E-state index is 12.0. The Balaban J connectivity index is 1.61. The van der Waals surface area contributed by atoms with E-state index in [1.54, 1.807) is 5.51 Å². The summed E-state index contributed by atoms with van der Waals surface area (Å²) in [7, 11) is -3.02. The summed E-state index contributed by atoms with van der Waals surface area (Å²) in [6, 6.07) is -0.651. The Morgan fingerprint density at radius 1 is 1.40 bits per heavy atom. The molecule has 1 aromatic heterocycles. The van der Waals surface area contributed by atoms with E-state index in [2.05, 4.69) is 15.6 Å². The van der Waals surface area contributed by atoms with Crippen LogP contribution in [0.5, 0.6) is 0 Å². The molecule has 2 N–H and O–H groups in total. The molecule has 0 radical (unpaired) electrons. The van der Waals surface area contributed by atoms with Crippen molar-refractivity contribution >= 4 is 32.2 Å². The largest absolute Gasteiger partial charge is 0.334 e. The third kappa shape index (κ3) is 2.95. The molecule has 0 aromatic carbocycles. The van der Waals surface area contributed by atoms with E-state index in [1.165, 1.54) is 11.3 Å². The number of anilines is 1. The van der Waals surface area contributed by atoms with Crippen molar-refractivity contribution in [2.45, 2.75) is 31.7 Å². The first-order valence-corrected chi connectivity index (χ1v) is 9.36. The van der Waals surface area contributed by atoms with Crippen LogP contribution in [0.25, 0.3) is 0 Å². The molecule has 6 nitrogen and oxygen atoms in total. The molecular formula is C12H17N3O3S2. The molecule has 1 saturated heterocycles. The minimum Gasteiger partial charge on any atom is -0.334 e. The molecule has 1 aliphatic carbocycles. The van der Waals surface area contributed by atoms with Gasteiger partial charge < -0.3 is 5.32 Å². The molecule has 3 rings (SSSR count). The minimum atomic E-state index is -3.02. The fraction of sp³-hybridized carbons (Fsp3) is 0.667. The number of carbonyl (C=O) groups excluding carboxylic acids is 1. The van der Waals surface area contributed by atoms with Gasteiger partial charge in [-0.15, -0.1) is 11.3 Å². The van der Waals surface area contributed by atoms with Crippen LogP contribution < -0.4 is 10.6 Å². The van der Waals surface area contributed by atoms with E-state index in [-0.39, 0.29) is 29.5 Å². The van der Waals surface area contributed by atoms with Crippen LogP contribution in [0.3, 0.4) is 0 Å². The van der Waals surface area contributed by atoms with Crippen LogP contribution in [-0.2, 0) is 9.84 Å². The van der Waals surface area contributed by atoms with E-state index in [9.17, 15) is 13.2 Å². The molecule has 0 spiro atoms. The van der Waals surface area contributed by atoms with Gasteiger partial charge in [-0.3, -0.25) is 5.32 Å². The van der Waals surface area contributed by atoms with Gasteiger partial charge in [-0.1, -0.05) is 6.92 Å². The fourth-order valence-electron chi connectivity index (χ4n) is 2.51. The number of hydrogen-bond donors (Lipinski definition) is 2. The predicted molar refractivity (Wildman–Crippen MR) is 77.8 cm³/mol. The molecule has 1 aliphatic heterocycles. The van der Waals surface area contributed by atoms with Crippen LogP contribution >= 0.6 is 11.3 Å². The van der Waals surface area contributed by atoms with Crippen molar-refractivity contribution in [2.75, 3.05) is 16.8 Å². The summed E-state index contributed by atoms with van der Waals surface area (Å²) in [5.74, 6) is 0.600. The number of rotatable bonds is 3. The maximum Gasteiger partial charge on any atom is 0.320 e. The minimum absolute atomic E-state index is 0.0275. The average Bonchev–Trinajstić information content (AvgIpc) is 3.02. The van der Waals surface area contributed by atoms with E-state index >= 15 is 0 Å². The van der Waals surface area contributed by atoms with Gasteiger partial charge in [0.25, 0.3) is 0 Å². The van der Waals surface area contributed by atoms with Gasteiger partial charge in [0.15, 0.2) is 9.84 Å². The number of aromatic nitrogens is 1. The van der Waals surface area contributed by atoms with E-state index in [0.717, 1.165) is 23.5 Å². The van der Waals surface area contributed by atoms with Crippen LogP contribution in [0.1, 0.15) is 31.4 Å². The maximum absolute atomic E-state index is 12.0. The molecule has 110 valence electrons. The monoisotopic (exact) mass is 315 g/mol. The zero-order valence-electron chi connectivity index (χ0n) is 11.1. The van der Waals surface area contributed by atoms with Crippen LogP contribution in [0.15, 0.2) is 5.51 Å². The first kappa shape index (κ1) is 13.8. The number of amides is 2. The third-order valence-corrected chi connectivity index (χ3v) is 6.40. The van der Waals surface area contributed by atoms with Gasteiger partial charge in [-0.2, -0.15) is 0 Å². The van der Waals surface area contributed by atoms with Gasteiger partial charge in [0.05, 0.1) is 22.7 Å². The van der Waals surface area contributed by atoms with Crippen molar-refractivity contribution < 1.29 is 13.2 Å². The molecule has 2 fully saturated rings.